The van der Waals surface area contributed by atoms with E-state index in [9.17, 15) is 9.59 Å². The number of halogens is 2. The topological polar surface area (TPSA) is 73.5 Å². The highest BCUT2D eigenvalue weighted by molar-refractivity contribution is 6.35. The summed E-state index contributed by atoms with van der Waals surface area (Å²) in [6.45, 7) is 6.60. The molecule has 1 aliphatic rings. The van der Waals surface area contributed by atoms with Gasteiger partial charge in [-0.25, -0.2) is 0 Å². The number of hydrogen-bond acceptors (Lipinski definition) is 4. The zero-order valence-corrected chi connectivity index (χ0v) is 16.8. The molecule has 0 spiro atoms. The third kappa shape index (κ3) is 5.58. The molecule has 2 rings (SSSR count). The highest BCUT2D eigenvalue weighted by Crippen LogP contribution is 2.25. The number of rotatable bonds is 7. The minimum atomic E-state index is -0.292. The van der Waals surface area contributed by atoms with Crippen molar-refractivity contribution in [1.29, 1.82) is 0 Å². The van der Waals surface area contributed by atoms with E-state index in [4.69, 9.17) is 23.2 Å². The average molecular weight is 401 g/mol. The second-order valence-electron chi connectivity index (χ2n) is 6.72. The van der Waals surface area contributed by atoms with E-state index >= 15 is 0 Å². The Bertz CT molecular complexity index is 646. The lowest BCUT2D eigenvalue weighted by atomic mass is 9.92. The number of carbonyl (C=O) groups is 2. The Morgan fingerprint density at radius 1 is 1.19 bits per heavy atom. The summed E-state index contributed by atoms with van der Waals surface area (Å²) in [5.41, 5.74) is 6.75. The second kappa shape index (κ2) is 9.55. The van der Waals surface area contributed by atoms with Crippen LogP contribution in [0.2, 0.25) is 10.0 Å². The van der Waals surface area contributed by atoms with Gasteiger partial charge in [-0.05, 0) is 38.5 Å². The molecule has 144 valence electrons. The first-order valence-corrected chi connectivity index (χ1v) is 9.61. The molecular formula is C18H26Cl2N4O2. The maximum Gasteiger partial charge on any atom is 0.244 e. The Balaban J connectivity index is 1.98. The van der Waals surface area contributed by atoms with Crippen LogP contribution >= 0.6 is 23.2 Å². The van der Waals surface area contributed by atoms with E-state index in [0.29, 0.717) is 28.7 Å². The highest BCUT2D eigenvalue weighted by Gasteiger charge is 2.33. The molecule has 1 saturated heterocycles. The summed E-state index contributed by atoms with van der Waals surface area (Å²) in [4.78, 5) is 26.7. The average Bonchev–Trinajstić information content (AvgIpc) is 2.89. The Morgan fingerprint density at radius 3 is 2.46 bits per heavy atom. The number of hydrogen-bond donors (Lipinski definition) is 3. The largest absolute Gasteiger partial charge is 0.333 e. The molecule has 2 amide bonds. The van der Waals surface area contributed by atoms with Crippen molar-refractivity contribution in [3.63, 3.8) is 0 Å². The molecule has 2 unspecified atom stereocenters. The van der Waals surface area contributed by atoms with E-state index in [1.54, 1.807) is 23.1 Å². The van der Waals surface area contributed by atoms with E-state index in [-0.39, 0.29) is 36.4 Å². The second-order valence-corrected chi connectivity index (χ2v) is 7.57. The molecule has 1 aromatic carbocycles. The van der Waals surface area contributed by atoms with Crippen molar-refractivity contribution in [3.05, 3.63) is 28.2 Å². The van der Waals surface area contributed by atoms with Crippen LogP contribution in [0.25, 0.3) is 0 Å². The van der Waals surface area contributed by atoms with E-state index in [1.165, 1.54) is 0 Å². The molecule has 1 aliphatic heterocycles. The van der Waals surface area contributed by atoms with Gasteiger partial charge in [0.1, 0.15) is 0 Å². The van der Waals surface area contributed by atoms with E-state index in [0.717, 1.165) is 6.42 Å². The number of anilines is 1. The fourth-order valence-electron chi connectivity index (χ4n) is 3.11. The zero-order valence-electron chi connectivity index (χ0n) is 15.3. The lowest BCUT2D eigenvalue weighted by molar-refractivity contribution is -0.135. The molecule has 1 heterocycles. The normalized spacial score (nSPS) is 22.3. The first-order valence-electron chi connectivity index (χ1n) is 8.85. The van der Waals surface area contributed by atoms with Crippen molar-refractivity contribution < 1.29 is 9.59 Å². The Kier molecular flexibility index (Phi) is 7.70. The molecular weight excluding hydrogens is 375 g/mol. The number of hydrazine groups is 1. The van der Waals surface area contributed by atoms with Crippen LogP contribution in [-0.4, -0.2) is 41.9 Å². The minimum Gasteiger partial charge on any atom is -0.333 e. The summed E-state index contributed by atoms with van der Waals surface area (Å²) in [5.74, 6) is -0.125. The van der Waals surface area contributed by atoms with Gasteiger partial charge in [0.15, 0.2) is 0 Å². The van der Waals surface area contributed by atoms with Crippen LogP contribution in [0.5, 0.6) is 0 Å². The molecule has 8 heteroatoms. The fraction of sp³-hybridized carbons (Fsp3) is 0.556. The van der Waals surface area contributed by atoms with Crippen LogP contribution in [0.4, 0.5) is 5.69 Å². The van der Waals surface area contributed by atoms with E-state index in [2.05, 4.69) is 16.2 Å². The maximum absolute atomic E-state index is 12.7. The van der Waals surface area contributed by atoms with E-state index in [1.807, 2.05) is 20.8 Å². The number of nitrogens with one attached hydrogen (secondary N) is 3. The van der Waals surface area contributed by atoms with Gasteiger partial charge in [0, 0.05) is 36.0 Å². The molecule has 0 aliphatic carbocycles. The molecule has 3 N–H and O–H groups in total. The zero-order chi connectivity index (χ0) is 19.3. The molecule has 2 atom stereocenters. The van der Waals surface area contributed by atoms with Gasteiger partial charge >= 0.3 is 0 Å². The third-order valence-corrected chi connectivity index (χ3v) is 5.18. The van der Waals surface area contributed by atoms with Crippen LogP contribution in [0.3, 0.4) is 0 Å². The van der Waals surface area contributed by atoms with Crippen LogP contribution < -0.4 is 16.2 Å². The summed E-state index contributed by atoms with van der Waals surface area (Å²) >= 11 is 12.0. The van der Waals surface area contributed by atoms with Gasteiger partial charge in [-0.3, -0.25) is 20.4 Å². The number of amides is 2. The van der Waals surface area contributed by atoms with Crippen LogP contribution in [0, 0.1) is 5.92 Å². The van der Waals surface area contributed by atoms with Gasteiger partial charge in [0.2, 0.25) is 11.8 Å². The van der Waals surface area contributed by atoms with Crippen molar-refractivity contribution in [1.82, 2.24) is 15.8 Å². The van der Waals surface area contributed by atoms with Crippen LogP contribution in [0.15, 0.2) is 18.2 Å². The number of nitrogens with zero attached hydrogens (tertiary/aromatic N) is 1. The van der Waals surface area contributed by atoms with E-state index < -0.39 is 0 Å². The molecule has 1 fully saturated rings. The van der Waals surface area contributed by atoms with Crippen molar-refractivity contribution in [3.8, 4) is 0 Å². The minimum absolute atomic E-state index is 0.00808. The molecule has 0 saturated carbocycles. The van der Waals surface area contributed by atoms with Crippen molar-refractivity contribution >= 4 is 40.7 Å². The lowest BCUT2D eigenvalue weighted by Crippen LogP contribution is -2.41. The summed E-state index contributed by atoms with van der Waals surface area (Å²) in [5, 5.41) is 3.62. The first kappa shape index (κ1) is 21.0. The highest BCUT2D eigenvalue weighted by atomic mass is 35.5. The molecule has 26 heavy (non-hydrogen) atoms. The van der Waals surface area contributed by atoms with Gasteiger partial charge in [-0.2, -0.15) is 0 Å². The maximum atomic E-state index is 12.7. The molecule has 0 radical (unpaired) electrons. The van der Waals surface area contributed by atoms with Crippen LogP contribution in [-0.2, 0) is 9.59 Å². The lowest BCUT2D eigenvalue weighted by Gasteiger charge is -2.25. The Hall–Kier alpha value is -1.34. The molecule has 0 aromatic heterocycles. The van der Waals surface area contributed by atoms with Crippen molar-refractivity contribution in [2.24, 2.45) is 5.92 Å². The van der Waals surface area contributed by atoms with Gasteiger partial charge in [0.25, 0.3) is 0 Å². The predicted molar refractivity (Wildman–Crippen MR) is 105 cm³/mol. The molecule has 6 nitrogen and oxygen atoms in total. The first-order chi connectivity index (χ1) is 12.3. The van der Waals surface area contributed by atoms with Crippen LogP contribution in [0.1, 0.15) is 33.6 Å². The predicted octanol–water partition coefficient (Wildman–Crippen LogP) is 3.06. The smallest absolute Gasteiger partial charge is 0.244 e. The number of benzene rings is 1. The van der Waals surface area contributed by atoms with Gasteiger partial charge < -0.3 is 10.2 Å². The van der Waals surface area contributed by atoms with Gasteiger partial charge in [-0.15, -0.1) is 0 Å². The van der Waals surface area contributed by atoms with Gasteiger partial charge in [-0.1, -0.05) is 30.1 Å². The van der Waals surface area contributed by atoms with Crippen molar-refractivity contribution in [2.75, 3.05) is 18.4 Å². The summed E-state index contributed by atoms with van der Waals surface area (Å²) in [6, 6.07) is 5.27. The summed E-state index contributed by atoms with van der Waals surface area (Å²) in [7, 11) is 0. The quantitative estimate of drug-likeness (QED) is 0.657. The molecule has 0 bridgehead atoms. The summed E-state index contributed by atoms with van der Waals surface area (Å²) in [6.07, 6.45) is 1.18. The fourth-order valence-corrected chi connectivity index (χ4v) is 3.45. The summed E-state index contributed by atoms with van der Waals surface area (Å²) < 4.78 is 0. The SMILES string of the molecule is CCCN(CC(=O)Nc1cc(Cl)ccc1Cl)C(=O)CC1C(C)NNC1C. The standard InChI is InChI=1S/C18H26Cl2N4O2/c1-4-7-24(18(26)9-14-11(2)22-23-12(14)3)10-17(25)21-16-8-13(19)5-6-15(16)20/h5-6,8,11-12,14,22-23H,4,7,9-10H2,1-3H3,(H,21,25). The van der Waals surface area contributed by atoms with Crippen molar-refractivity contribution in [2.45, 2.75) is 45.7 Å². The Labute approximate surface area is 164 Å². The third-order valence-electron chi connectivity index (χ3n) is 4.62. The number of carbonyl (C=O) groups excluding carboxylic acids is 2. The molecule has 1 aromatic rings. The monoisotopic (exact) mass is 400 g/mol. The van der Waals surface area contributed by atoms with Gasteiger partial charge in [0.05, 0.1) is 17.3 Å². The Morgan fingerprint density at radius 2 is 1.85 bits per heavy atom.